The molecule has 1 aromatic heterocycles. The number of nitrogens with zero attached hydrogens (tertiary/aromatic N) is 2. The van der Waals surface area contributed by atoms with E-state index >= 15 is 0 Å². The van der Waals surface area contributed by atoms with Crippen molar-refractivity contribution < 1.29 is 18.0 Å². The van der Waals surface area contributed by atoms with E-state index in [9.17, 15) is 18.0 Å². The summed E-state index contributed by atoms with van der Waals surface area (Å²) in [6, 6.07) is 12.6. The summed E-state index contributed by atoms with van der Waals surface area (Å²) in [4.78, 5) is 12.4. The third-order valence-corrected chi connectivity index (χ3v) is 4.09. The second kappa shape index (κ2) is 6.79. The van der Waals surface area contributed by atoms with E-state index in [1.54, 1.807) is 12.1 Å². The molecule has 27 heavy (non-hydrogen) atoms. The van der Waals surface area contributed by atoms with E-state index in [4.69, 9.17) is 5.73 Å². The molecule has 3 rings (SSSR count). The second-order valence-corrected chi connectivity index (χ2v) is 6.12. The van der Waals surface area contributed by atoms with Crippen LogP contribution in [0, 0.1) is 13.8 Å². The van der Waals surface area contributed by atoms with Crippen molar-refractivity contribution in [3.63, 3.8) is 0 Å². The zero-order chi connectivity index (χ0) is 19.8. The van der Waals surface area contributed by atoms with Gasteiger partial charge in [0.2, 0.25) is 0 Å². The van der Waals surface area contributed by atoms with Gasteiger partial charge in [0.15, 0.2) is 5.69 Å². The molecule has 2 aromatic carbocycles. The number of amides is 1. The Balaban J connectivity index is 1.89. The van der Waals surface area contributed by atoms with E-state index in [0.717, 1.165) is 16.3 Å². The zero-order valence-electron chi connectivity index (χ0n) is 14.6. The molecule has 0 atom stereocenters. The highest BCUT2D eigenvalue weighted by atomic mass is 19.4. The van der Waals surface area contributed by atoms with Gasteiger partial charge in [0.05, 0.1) is 11.4 Å². The van der Waals surface area contributed by atoms with Crippen molar-refractivity contribution in [1.29, 1.82) is 0 Å². The van der Waals surface area contributed by atoms with E-state index in [-0.39, 0.29) is 23.0 Å². The number of carbonyl (C=O) groups excluding carboxylic acids is 1. The summed E-state index contributed by atoms with van der Waals surface area (Å²) in [5, 5.41) is 6.36. The molecule has 8 heteroatoms. The number of nitrogens with two attached hydrogens (primary N) is 1. The van der Waals surface area contributed by atoms with Crippen molar-refractivity contribution >= 4 is 17.3 Å². The molecule has 3 N–H and O–H groups in total. The number of benzene rings is 2. The van der Waals surface area contributed by atoms with Crippen LogP contribution in [-0.2, 0) is 6.18 Å². The first-order valence-corrected chi connectivity index (χ1v) is 8.07. The SMILES string of the molecule is Cc1ccccc1NC(=O)c1ccc(-n2nc(C(F)(F)F)cc2C)c(N)c1. The van der Waals surface area contributed by atoms with Crippen LogP contribution >= 0.6 is 0 Å². The maximum atomic E-state index is 12.8. The van der Waals surface area contributed by atoms with Crippen LogP contribution in [0.5, 0.6) is 0 Å². The van der Waals surface area contributed by atoms with Crippen LogP contribution in [0.4, 0.5) is 24.5 Å². The van der Waals surface area contributed by atoms with E-state index in [0.29, 0.717) is 11.3 Å². The minimum atomic E-state index is -4.54. The maximum absolute atomic E-state index is 12.8. The van der Waals surface area contributed by atoms with Gasteiger partial charge < -0.3 is 11.1 Å². The lowest BCUT2D eigenvalue weighted by molar-refractivity contribution is -0.141. The van der Waals surface area contributed by atoms with Crippen molar-refractivity contribution in [2.24, 2.45) is 0 Å². The van der Waals surface area contributed by atoms with Gasteiger partial charge in [0.25, 0.3) is 5.91 Å². The summed E-state index contributed by atoms with van der Waals surface area (Å²) in [5.74, 6) is -0.365. The molecule has 5 nitrogen and oxygen atoms in total. The number of para-hydroxylation sites is 1. The van der Waals surface area contributed by atoms with Gasteiger partial charge in [-0.1, -0.05) is 18.2 Å². The fraction of sp³-hybridized carbons (Fsp3) is 0.158. The number of alkyl halides is 3. The number of aromatic nitrogens is 2. The molecule has 0 fully saturated rings. The number of hydrogen-bond acceptors (Lipinski definition) is 3. The number of aryl methyl sites for hydroxylation is 2. The molecular weight excluding hydrogens is 357 g/mol. The van der Waals surface area contributed by atoms with Crippen molar-refractivity contribution in [2.75, 3.05) is 11.1 Å². The Kier molecular flexibility index (Phi) is 4.65. The zero-order valence-corrected chi connectivity index (χ0v) is 14.6. The maximum Gasteiger partial charge on any atom is 0.435 e. The molecule has 0 bridgehead atoms. The van der Waals surface area contributed by atoms with Crippen molar-refractivity contribution in [3.05, 3.63) is 71.0 Å². The lowest BCUT2D eigenvalue weighted by Gasteiger charge is -2.11. The van der Waals surface area contributed by atoms with Gasteiger partial charge in [-0.3, -0.25) is 4.79 Å². The van der Waals surface area contributed by atoms with Crippen molar-refractivity contribution in [2.45, 2.75) is 20.0 Å². The van der Waals surface area contributed by atoms with Crippen LogP contribution in [0.2, 0.25) is 0 Å². The molecule has 1 heterocycles. The van der Waals surface area contributed by atoms with Crippen LogP contribution < -0.4 is 11.1 Å². The van der Waals surface area contributed by atoms with E-state index in [2.05, 4.69) is 10.4 Å². The lowest BCUT2D eigenvalue weighted by atomic mass is 10.1. The first-order valence-electron chi connectivity index (χ1n) is 8.07. The Morgan fingerprint density at radius 1 is 1.11 bits per heavy atom. The van der Waals surface area contributed by atoms with Gasteiger partial charge in [-0.05, 0) is 49.7 Å². The predicted octanol–water partition coefficient (Wildman–Crippen LogP) is 4.34. The molecular formula is C19H17F3N4O. The highest BCUT2D eigenvalue weighted by Gasteiger charge is 2.34. The topological polar surface area (TPSA) is 72.9 Å². The molecule has 0 saturated heterocycles. The van der Waals surface area contributed by atoms with Crippen molar-refractivity contribution in [1.82, 2.24) is 9.78 Å². The molecule has 140 valence electrons. The number of nitrogen functional groups attached to an aromatic ring is 1. The van der Waals surface area contributed by atoms with Crippen LogP contribution in [-0.4, -0.2) is 15.7 Å². The number of carbonyl (C=O) groups is 1. The second-order valence-electron chi connectivity index (χ2n) is 6.12. The highest BCUT2D eigenvalue weighted by molar-refractivity contribution is 6.05. The van der Waals surface area contributed by atoms with E-state index in [1.165, 1.54) is 25.1 Å². The Bertz CT molecular complexity index is 1010. The van der Waals surface area contributed by atoms with E-state index < -0.39 is 11.9 Å². The molecule has 0 aliphatic rings. The quantitative estimate of drug-likeness (QED) is 0.670. The third-order valence-electron chi connectivity index (χ3n) is 4.09. The fourth-order valence-corrected chi connectivity index (χ4v) is 2.65. The standard InChI is InChI=1S/C19H17F3N4O/c1-11-5-3-4-6-15(11)24-18(27)13-7-8-16(14(23)10-13)26-12(2)9-17(25-26)19(20,21)22/h3-10H,23H2,1-2H3,(H,24,27). The lowest BCUT2D eigenvalue weighted by Crippen LogP contribution is -2.14. The van der Waals surface area contributed by atoms with Crippen LogP contribution in [0.3, 0.4) is 0 Å². The van der Waals surface area contributed by atoms with Gasteiger partial charge >= 0.3 is 6.18 Å². The summed E-state index contributed by atoms with van der Waals surface area (Å²) >= 11 is 0. The average molecular weight is 374 g/mol. The number of hydrogen-bond donors (Lipinski definition) is 2. The molecule has 0 unspecified atom stereocenters. The number of rotatable bonds is 3. The van der Waals surface area contributed by atoms with Gasteiger partial charge in [-0.15, -0.1) is 0 Å². The molecule has 0 saturated carbocycles. The first-order chi connectivity index (χ1) is 12.7. The summed E-state index contributed by atoms with van der Waals surface area (Å²) in [5.41, 5.74) is 7.55. The average Bonchev–Trinajstić information content (AvgIpc) is 2.99. The molecule has 0 aliphatic heterocycles. The summed E-state index contributed by atoms with van der Waals surface area (Å²) < 4.78 is 39.7. The van der Waals surface area contributed by atoms with Gasteiger partial charge in [0.1, 0.15) is 0 Å². The smallest absolute Gasteiger partial charge is 0.397 e. The largest absolute Gasteiger partial charge is 0.435 e. The predicted molar refractivity (Wildman–Crippen MR) is 96.8 cm³/mol. The highest BCUT2D eigenvalue weighted by Crippen LogP contribution is 2.30. The van der Waals surface area contributed by atoms with Gasteiger partial charge in [-0.2, -0.15) is 18.3 Å². The molecule has 0 aliphatic carbocycles. The van der Waals surface area contributed by atoms with Crippen molar-refractivity contribution in [3.8, 4) is 5.69 Å². The van der Waals surface area contributed by atoms with Crippen LogP contribution in [0.15, 0.2) is 48.5 Å². The Hall–Kier alpha value is -3.29. The van der Waals surface area contributed by atoms with Crippen LogP contribution in [0.25, 0.3) is 5.69 Å². The summed E-state index contributed by atoms with van der Waals surface area (Å²) in [6.45, 7) is 3.37. The minimum absolute atomic E-state index is 0.146. The Morgan fingerprint density at radius 2 is 1.81 bits per heavy atom. The van der Waals surface area contributed by atoms with Crippen LogP contribution in [0.1, 0.15) is 27.3 Å². The summed E-state index contributed by atoms with van der Waals surface area (Å²) in [6.07, 6.45) is -4.54. The van der Waals surface area contributed by atoms with E-state index in [1.807, 2.05) is 19.1 Å². The van der Waals surface area contributed by atoms with Gasteiger partial charge in [0, 0.05) is 16.9 Å². The fourth-order valence-electron chi connectivity index (χ4n) is 2.65. The number of nitrogens with one attached hydrogen (secondary N) is 1. The number of halogens is 3. The monoisotopic (exact) mass is 374 g/mol. The normalized spacial score (nSPS) is 11.4. The molecule has 3 aromatic rings. The molecule has 0 spiro atoms. The number of anilines is 2. The van der Waals surface area contributed by atoms with Gasteiger partial charge in [-0.25, -0.2) is 4.68 Å². The Labute approximate surface area is 153 Å². The summed E-state index contributed by atoms with van der Waals surface area (Å²) in [7, 11) is 0. The first kappa shape index (κ1) is 18.5. The molecule has 0 radical (unpaired) electrons. The Morgan fingerprint density at radius 3 is 2.41 bits per heavy atom. The molecule has 1 amide bonds. The minimum Gasteiger partial charge on any atom is -0.397 e. The third kappa shape index (κ3) is 3.79.